The van der Waals surface area contributed by atoms with Crippen LogP contribution in [0, 0.1) is 0 Å². The fourth-order valence-corrected chi connectivity index (χ4v) is 3.17. The molecule has 0 spiro atoms. The van der Waals surface area contributed by atoms with Crippen LogP contribution in [0.15, 0.2) is 29.8 Å². The van der Waals surface area contributed by atoms with Crippen LogP contribution in [0.4, 0.5) is 0 Å². The summed E-state index contributed by atoms with van der Waals surface area (Å²) in [5, 5.41) is 1.11. The summed E-state index contributed by atoms with van der Waals surface area (Å²) in [7, 11) is 1.87. The van der Waals surface area contributed by atoms with E-state index in [1.54, 1.807) is 0 Å². The molecular formula is C16H18N4O. The zero-order valence-corrected chi connectivity index (χ0v) is 12.0. The number of allylic oxidation sites excluding steroid dienone is 1. The maximum Gasteiger partial charge on any atom is 0.297 e. The van der Waals surface area contributed by atoms with Crippen molar-refractivity contribution in [2.45, 2.75) is 19.3 Å². The maximum atomic E-state index is 12.4. The number of carbonyl (C=O) groups is 1. The fourth-order valence-electron chi connectivity index (χ4n) is 3.17. The van der Waals surface area contributed by atoms with Crippen molar-refractivity contribution >= 4 is 28.3 Å². The van der Waals surface area contributed by atoms with E-state index in [-0.39, 0.29) is 11.9 Å². The summed E-state index contributed by atoms with van der Waals surface area (Å²) in [5.74, 6) is -0.599. The number of aromatic nitrogens is 1. The molecule has 0 fully saturated rings. The summed E-state index contributed by atoms with van der Waals surface area (Å²) in [6.07, 6.45) is 2.73. The van der Waals surface area contributed by atoms with E-state index in [1.165, 1.54) is 0 Å². The van der Waals surface area contributed by atoms with E-state index in [1.807, 2.05) is 23.7 Å². The smallest absolute Gasteiger partial charge is 0.297 e. The Morgan fingerprint density at radius 3 is 2.81 bits per heavy atom. The predicted octanol–water partition coefficient (Wildman–Crippen LogP) is 1.94. The van der Waals surface area contributed by atoms with E-state index < -0.39 is 0 Å². The van der Waals surface area contributed by atoms with Gasteiger partial charge in [0.05, 0.1) is 0 Å². The molecule has 0 radical (unpaired) electrons. The normalized spacial score (nSPS) is 14.0. The Morgan fingerprint density at radius 2 is 2.10 bits per heavy atom. The zero-order valence-electron chi connectivity index (χ0n) is 12.0. The van der Waals surface area contributed by atoms with E-state index >= 15 is 0 Å². The minimum atomic E-state index is -0.387. The molecule has 0 saturated heterocycles. The number of hydrogen-bond acceptors (Lipinski definition) is 1. The second kappa shape index (κ2) is 4.77. The highest BCUT2D eigenvalue weighted by Crippen LogP contribution is 2.37. The van der Waals surface area contributed by atoms with Gasteiger partial charge in [-0.3, -0.25) is 4.79 Å². The van der Waals surface area contributed by atoms with Gasteiger partial charge < -0.3 is 16.0 Å². The lowest BCUT2D eigenvalue weighted by molar-refractivity contribution is 0.0994. The van der Waals surface area contributed by atoms with Gasteiger partial charge in [-0.1, -0.05) is 18.7 Å². The lowest BCUT2D eigenvalue weighted by Gasteiger charge is -2.06. The van der Waals surface area contributed by atoms with Crippen molar-refractivity contribution in [3.8, 4) is 0 Å². The maximum absolute atomic E-state index is 12.4. The number of amides is 1. The molecule has 1 aliphatic rings. The molecule has 0 saturated carbocycles. The minimum absolute atomic E-state index is 0.212. The first-order valence-corrected chi connectivity index (χ1v) is 6.93. The average Bonchev–Trinajstić information content (AvgIpc) is 2.60. The lowest BCUT2D eigenvalue weighted by atomic mass is 10.0. The van der Waals surface area contributed by atoms with Crippen LogP contribution in [0.1, 0.15) is 34.5 Å². The van der Waals surface area contributed by atoms with Gasteiger partial charge in [-0.05, 0) is 42.0 Å². The van der Waals surface area contributed by atoms with Crippen molar-refractivity contribution in [1.29, 1.82) is 0 Å². The molecule has 21 heavy (non-hydrogen) atoms. The Hall–Kier alpha value is -2.56. The highest BCUT2D eigenvalue weighted by molar-refractivity contribution is 6.08. The monoisotopic (exact) mass is 282 g/mol. The summed E-state index contributed by atoms with van der Waals surface area (Å²) in [4.78, 5) is 16.1. The molecule has 1 aromatic carbocycles. The predicted molar refractivity (Wildman–Crippen MR) is 85.0 cm³/mol. The minimum Gasteiger partial charge on any atom is -0.370 e. The first-order chi connectivity index (χ1) is 10.0. The largest absolute Gasteiger partial charge is 0.370 e. The highest BCUT2D eigenvalue weighted by Gasteiger charge is 2.24. The van der Waals surface area contributed by atoms with Crippen LogP contribution in [0.5, 0.6) is 0 Å². The third-order valence-electron chi connectivity index (χ3n) is 4.05. The Balaban J connectivity index is 2.37. The van der Waals surface area contributed by atoms with Gasteiger partial charge in [-0.25, -0.2) is 0 Å². The van der Waals surface area contributed by atoms with Crippen LogP contribution in [-0.2, 0) is 13.5 Å². The lowest BCUT2D eigenvalue weighted by Crippen LogP contribution is -2.25. The van der Waals surface area contributed by atoms with Gasteiger partial charge in [0.15, 0.2) is 5.96 Å². The Bertz CT molecular complexity index is 794. The summed E-state index contributed by atoms with van der Waals surface area (Å²) >= 11 is 0. The Labute approximate surface area is 122 Å². The molecule has 5 heteroatoms. The van der Waals surface area contributed by atoms with E-state index in [0.717, 1.165) is 46.9 Å². The first-order valence-electron chi connectivity index (χ1n) is 6.93. The van der Waals surface area contributed by atoms with Crippen molar-refractivity contribution in [3.05, 3.63) is 41.6 Å². The molecule has 0 bridgehead atoms. The molecule has 1 aromatic heterocycles. The van der Waals surface area contributed by atoms with Gasteiger partial charge in [-0.15, -0.1) is 0 Å². The summed E-state index contributed by atoms with van der Waals surface area (Å²) in [6.45, 7) is 4.17. The Morgan fingerprint density at radius 1 is 1.33 bits per heavy atom. The number of guanidine groups is 1. The molecule has 0 atom stereocenters. The van der Waals surface area contributed by atoms with Crippen LogP contribution in [0.25, 0.3) is 16.5 Å². The number of aryl methyl sites for hydroxylation is 2. The van der Waals surface area contributed by atoms with Crippen molar-refractivity contribution in [2.24, 2.45) is 23.5 Å². The van der Waals surface area contributed by atoms with Gasteiger partial charge in [0, 0.05) is 18.0 Å². The quantitative estimate of drug-likeness (QED) is 0.619. The van der Waals surface area contributed by atoms with Crippen LogP contribution in [0.3, 0.4) is 0 Å². The van der Waals surface area contributed by atoms with Crippen molar-refractivity contribution in [2.75, 3.05) is 0 Å². The van der Waals surface area contributed by atoms with Gasteiger partial charge >= 0.3 is 0 Å². The van der Waals surface area contributed by atoms with Crippen LogP contribution >= 0.6 is 0 Å². The zero-order chi connectivity index (χ0) is 15.1. The van der Waals surface area contributed by atoms with Gasteiger partial charge in [0.25, 0.3) is 5.91 Å². The molecule has 5 nitrogen and oxygen atoms in total. The SMILES string of the molecule is C=C1CCCc2c(C(=O)N=C(N)N)n(C)c3cccc1c23. The van der Waals surface area contributed by atoms with E-state index in [9.17, 15) is 4.79 Å². The fraction of sp³-hybridized carbons (Fsp3) is 0.250. The van der Waals surface area contributed by atoms with Crippen LogP contribution in [0.2, 0.25) is 0 Å². The van der Waals surface area contributed by atoms with Gasteiger partial charge in [0.2, 0.25) is 0 Å². The van der Waals surface area contributed by atoms with Crippen molar-refractivity contribution in [3.63, 3.8) is 0 Å². The molecule has 0 unspecified atom stereocenters. The van der Waals surface area contributed by atoms with Crippen LogP contribution in [-0.4, -0.2) is 16.4 Å². The van der Waals surface area contributed by atoms with Gasteiger partial charge in [-0.2, -0.15) is 4.99 Å². The molecular weight excluding hydrogens is 264 g/mol. The van der Waals surface area contributed by atoms with Crippen molar-refractivity contribution < 1.29 is 4.79 Å². The number of nitrogens with zero attached hydrogens (tertiary/aromatic N) is 2. The number of hydrogen-bond donors (Lipinski definition) is 2. The van der Waals surface area contributed by atoms with Gasteiger partial charge in [0.1, 0.15) is 5.69 Å². The second-order valence-corrected chi connectivity index (χ2v) is 5.38. The number of rotatable bonds is 1. The standard InChI is InChI=1S/C16H18N4O/c1-9-5-3-7-11-13-10(9)6-4-8-12(13)20(2)14(11)15(21)19-16(17)18/h4,6,8H,1,3,5,7H2,2H3,(H4,17,18,19,21). The number of carbonyl (C=O) groups excluding carboxylic acids is 1. The van der Waals surface area contributed by atoms with Crippen LogP contribution < -0.4 is 11.5 Å². The number of nitrogens with two attached hydrogens (primary N) is 2. The highest BCUT2D eigenvalue weighted by atomic mass is 16.1. The molecule has 3 rings (SSSR count). The second-order valence-electron chi connectivity index (χ2n) is 5.38. The Kier molecular flexibility index (Phi) is 3.05. The molecule has 108 valence electrons. The average molecular weight is 282 g/mol. The van der Waals surface area contributed by atoms with E-state index in [0.29, 0.717) is 5.69 Å². The summed E-state index contributed by atoms with van der Waals surface area (Å²) < 4.78 is 1.88. The molecule has 1 amide bonds. The number of benzene rings is 1. The van der Waals surface area contributed by atoms with Crippen molar-refractivity contribution in [1.82, 2.24) is 4.57 Å². The summed E-state index contributed by atoms with van der Waals surface area (Å²) in [5.41, 5.74) is 15.5. The summed E-state index contributed by atoms with van der Waals surface area (Å²) in [6, 6.07) is 6.06. The third-order valence-corrected chi connectivity index (χ3v) is 4.05. The van der Waals surface area contributed by atoms with E-state index in [2.05, 4.69) is 17.6 Å². The molecule has 4 N–H and O–H groups in total. The first kappa shape index (κ1) is 13.4. The molecule has 1 aliphatic carbocycles. The molecule has 1 heterocycles. The topological polar surface area (TPSA) is 86.4 Å². The third kappa shape index (κ3) is 2.01. The number of aliphatic imine (C=N–C) groups is 1. The van der Waals surface area contributed by atoms with E-state index in [4.69, 9.17) is 11.5 Å². The molecule has 0 aliphatic heterocycles. The molecule has 2 aromatic rings.